The van der Waals surface area contributed by atoms with Gasteiger partial charge in [-0.05, 0) is 18.2 Å². The standard InChI is InChI=1S/C14H11BrN2O3/c15-12-6-3-5-10(8-12)14(18)16-9-11-4-1-2-7-13(11)17(19)20/h1-8H,9H2,(H,16,18). The number of nitro benzene ring substituents is 1. The Hall–Kier alpha value is -2.21. The molecular weight excluding hydrogens is 324 g/mol. The molecule has 0 aliphatic carbocycles. The fourth-order valence-corrected chi connectivity index (χ4v) is 2.14. The summed E-state index contributed by atoms with van der Waals surface area (Å²) in [5, 5.41) is 13.5. The lowest BCUT2D eigenvalue weighted by molar-refractivity contribution is -0.385. The van der Waals surface area contributed by atoms with Crippen LogP contribution in [-0.4, -0.2) is 10.8 Å². The van der Waals surface area contributed by atoms with Crippen molar-refractivity contribution in [1.82, 2.24) is 5.32 Å². The number of amides is 1. The molecule has 0 aliphatic rings. The first kappa shape index (κ1) is 14.2. The molecule has 0 atom stereocenters. The lowest BCUT2D eigenvalue weighted by atomic mass is 10.1. The van der Waals surface area contributed by atoms with E-state index >= 15 is 0 Å². The van der Waals surface area contributed by atoms with Crippen LogP contribution in [0.15, 0.2) is 53.0 Å². The van der Waals surface area contributed by atoms with Gasteiger partial charge in [-0.15, -0.1) is 0 Å². The van der Waals surface area contributed by atoms with E-state index in [9.17, 15) is 14.9 Å². The highest BCUT2D eigenvalue weighted by Crippen LogP contribution is 2.17. The second kappa shape index (κ2) is 6.29. The van der Waals surface area contributed by atoms with Crippen LogP contribution in [0.25, 0.3) is 0 Å². The van der Waals surface area contributed by atoms with Crippen molar-refractivity contribution in [3.05, 3.63) is 74.2 Å². The normalized spacial score (nSPS) is 10.1. The summed E-state index contributed by atoms with van der Waals surface area (Å²) in [5.41, 5.74) is 0.973. The zero-order chi connectivity index (χ0) is 14.5. The van der Waals surface area contributed by atoms with Gasteiger partial charge in [0.25, 0.3) is 11.6 Å². The summed E-state index contributed by atoms with van der Waals surface area (Å²) in [6.07, 6.45) is 0. The summed E-state index contributed by atoms with van der Waals surface area (Å²) < 4.78 is 0.802. The first-order chi connectivity index (χ1) is 9.58. The third-order valence-electron chi connectivity index (χ3n) is 2.71. The third kappa shape index (κ3) is 3.42. The number of rotatable bonds is 4. The van der Waals surface area contributed by atoms with E-state index < -0.39 is 4.92 Å². The largest absolute Gasteiger partial charge is 0.348 e. The number of hydrogen-bond donors (Lipinski definition) is 1. The van der Waals surface area contributed by atoms with Gasteiger partial charge in [0, 0.05) is 28.2 Å². The molecule has 0 fully saturated rings. The van der Waals surface area contributed by atoms with Crippen LogP contribution in [0, 0.1) is 10.1 Å². The van der Waals surface area contributed by atoms with E-state index in [0.29, 0.717) is 11.1 Å². The van der Waals surface area contributed by atoms with Crippen LogP contribution in [0.4, 0.5) is 5.69 Å². The first-order valence-corrected chi connectivity index (χ1v) is 6.63. The molecule has 2 rings (SSSR count). The molecule has 0 saturated heterocycles. The number of carbonyl (C=O) groups is 1. The summed E-state index contributed by atoms with van der Waals surface area (Å²) in [5.74, 6) is -0.274. The maximum Gasteiger partial charge on any atom is 0.274 e. The number of nitrogens with one attached hydrogen (secondary N) is 1. The number of nitrogens with zero attached hydrogens (tertiary/aromatic N) is 1. The van der Waals surface area contributed by atoms with Gasteiger partial charge in [-0.25, -0.2) is 0 Å². The predicted molar refractivity (Wildman–Crippen MR) is 78.4 cm³/mol. The highest BCUT2D eigenvalue weighted by atomic mass is 79.9. The molecule has 2 aromatic carbocycles. The van der Waals surface area contributed by atoms with E-state index in [2.05, 4.69) is 21.2 Å². The van der Waals surface area contributed by atoms with Crippen molar-refractivity contribution >= 4 is 27.5 Å². The summed E-state index contributed by atoms with van der Waals surface area (Å²) in [7, 11) is 0. The minimum atomic E-state index is -0.458. The van der Waals surface area contributed by atoms with Gasteiger partial charge in [0.05, 0.1) is 4.92 Å². The Morgan fingerprint density at radius 1 is 1.20 bits per heavy atom. The van der Waals surface area contributed by atoms with Crippen molar-refractivity contribution in [2.24, 2.45) is 0 Å². The number of nitro groups is 1. The van der Waals surface area contributed by atoms with Crippen molar-refractivity contribution in [3.63, 3.8) is 0 Å². The van der Waals surface area contributed by atoms with Crippen LogP contribution in [0.5, 0.6) is 0 Å². The molecule has 1 amide bonds. The van der Waals surface area contributed by atoms with Crippen molar-refractivity contribution in [3.8, 4) is 0 Å². The number of carbonyl (C=O) groups excluding carboxylic acids is 1. The minimum absolute atomic E-state index is 0.00189. The molecule has 0 bridgehead atoms. The van der Waals surface area contributed by atoms with Crippen LogP contribution >= 0.6 is 15.9 Å². The Morgan fingerprint density at radius 2 is 1.95 bits per heavy atom. The zero-order valence-corrected chi connectivity index (χ0v) is 12.0. The summed E-state index contributed by atoms with van der Waals surface area (Å²) in [6, 6.07) is 13.3. The summed E-state index contributed by atoms with van der Waals surface area (Å²) >= 11 is 3.29. The lowest BCUT2D eigenvalue weighted by Crippen LogP contribution is -2.23. The molecule has 5 nitrogen and oxygen atoms in total. The van der Waals surface area contributed by atoms with Gasteiger partial charge in [-0.3, -0.25) is 14.9 Å². The van der Waals surface area contributed by atoms with Gasteiger partial charge >= 0.3 is 0 Å². The number of benzene rings is 2. The van der Waals surface area contributed by atoms with E-state index in [4.69, 9.17) is 0 Å². The Balaban J connectivity index is 2.09. The number of halogens is 1. The van der Waals surface area contributed by atoms with E-state index in [0.717, 1.165) is 4.47 Å². The van der Waals surface area contributed by atoms with E-state index in [1.807, 2.05) is 6.07 Å². The highest BCUT2D eigenvalue weighted by molar-refractivity contribution is 9.10. The molecule has 20 heavy (non-hydrogen) atoms. The summed E-state index contributed by atoms with van der Waals surface area (Å²) in [6.45, 7) is 0.114. The molecule has 102 valence electrons. The molecule has 0 spiro atoms. The molecule has 0 radical (unpaired) electrons. The maximum absolute atomic E-state index is 11.9. The van der Waals surface area contributed by atoms with Gasteiger partial charge < -0.3 is 5.32 Å². The molecule has 0 saturated carbocycles. The van der Waals surface area contributed by atoms with Crippen LogP contribution in [0.2, 0.25) is 0 Å². The van der Waals surface area contributed by atoms with Gasteiger partial charge in [-0.1, -0.05) is 40.2 Å². The molecule has 1 N–H and O–H groups in total. The van der Waals surface area contributed by atoms with Crippen molar-refractivity contribution in [2.45, 2.75) is 6.54 Å². The maximum atomic E-state index is 11.9. The molecular formula is C14H11BrN2O3. The van der Waals surface area contributed by atoms with E-state index in [1.165, 1.54) is 6.07 Å². The SMILES string of the molecule is O=C(NCc1ccccc1[N+](=O)[O-])c1cccc(Br)c1. The number of hydrogen-bond acceptors (Lipinski definition) is 3. The second-order valence-corrected chi connectivity index (χ2v) is 4.99. The van der Waals surface area contributed by atoms with Crippen molar-refractivity contribution in [1.29, 1.82) is 0 Å². The topological polar surface area (TPSA) is 72.2 Å². The molecule has 0 heterocycles. The Labute approximate surface area is 123 Å². The molecule has 0 aliphatic heterocycles. The minimum Gasteiger partial charge on any atom is -0.348 e. The smallest absolute Gasteiger partial charge is 0.274 e. The van der Waals surface area contributed by atoms with Crippen LogP contribution < -0.4 is 5.32 Å². The predicted octanol–water partition coefficient (Wildman–Crippen LogP) is 3.29. The van der Waals surface area contributed by atoms with Crippen LogP contribution in [-0.2, 0) is 6.54 Å². The third-order valence-corrected chi connectivity index (χ3v) is 3.21. The average Bonchev–Trinajstić information content (AvgIpc) is 2.45. The molecule has 0 unspecified atom stereocenters. The first-order valence-electron chi connectivity index (χ1n) is 5.84. The van der Waals surface area contributed by atoms with Crippen LogP contribution in [0.1, 0.15) is 15.9 Å². The summed E-state index contributed by atoms with van der Waals surface area (Å²) in [4.78, 5) is 22.4. The molecule has 0 aromatic heterocycles. The van der Waals surface area contributed by atoms with Gasteiger partial charge in [0.1, 0.15) is 0 Å². The molecule has 6 heteroatoms. The zero-order valence-electron chi connectivity index (χ0n) is 10.4. The number of para-hydroxylation sites is 1. The monoisotopic (exact) mass is 334 g/mol. The Bertz CT molecular complexity index is 658. The Morgan fingerprint density at radius 3 is 2.65 bits per heavy atom. The quantitative estimate of drug-likeness (QED) is 0.688. The van der Waals surface area contributed by atoms with Crippen molar-refractivity contribution < 1.29 is 9.72 Å². The van der Waals surface area contributed by atoms with Gasteiger partial charge in [-0.2, -0.15) is 0 Å². The average molecular weight is 335 g/mol. The van der Waals surface area contributed by atoms with E-state index in [-0.39, 0.29) is 18.1 Å². The highest BCUT2D eigenvalue weighted by Gasteiger charge is 2.13. The van der Waals surface area contributed by atoms with Crippen molar-refractivity contribution in [2.75, 3.05) is 0 Å². The van der Waals surface area contributed by atoms with Crippen LogP contribution in [0.3, 0.4) is 0 Å². The Kier molecular flexibility index (Phi) is 4.47. The lowest BCUT2D eigenvalue weighted by Gasteiger charge is -2.06. The fourth-order valence-electron chi connectivity index (χ4n) is 1.75. The van der Waals surface area contributed by atoms with E-state index in [1.54, 1.807) is 36.4 Å². The fraction of sp³-hybridized carbons (Fsp3) is 0.0714. The second-order valence-electron chi connectivity index (χ2n) is 4.08. The van der Waals surface area contributed by atoms with Gasteiger partial charge in [0.15, 0.2) is 0 Å². The molecule has 2 aromatic rings. The van der Waals surface area contributed by atoms with Gasteiger partial charge in [0.2, 0.25) is 0 Å².